The molecule has 0 unspecified atom stereocenters. The molecule has 0 saturated heterocycles. The van der Waals surface area contributed by atoms with Gasteiger partial charge in [-0.15, -0.1) is 0 Å². The van der Waals surface area contributed by atoms with Gasteiger partial charge in [0, 0.05) is 0 Å². The lowest BCUT2D eigenvalue weighted by molar-refractivity contribution is -0.162. The van der Waals surface area contributed by atoms with Crippen LogP contribution in [0.25, 0.3) is 0 Å². The Bertz CT molecular complexity index is 676. The summed E-state index contributed by atoms with van der Waals surface area (Å²) in [6.45, 7) is 3.44. The molecule has 126 valence electrons. The molecule has 2 atom stereocenters. The first kappa shape index (κ1) is 17.7. The number of para-hydroxylation sites is 2. The second-order valence-corrected chi connectivity index (χ2v) is 5.26. The van der Waals surface area contributed by atoms with Gasteiger partial charge in [0.15, 0.2) is 12.2 Å². The lowest BCUT2D eigenvalue weighted by Gasteiger charge is -2.16. The lowest BCUT2D eigenvalue weighted by Crippen LogP contribution is -2.43. The number of aliphatic hydroxyl groups excluding tert-OH is 2. The molecule has 0 aliphatic carbocycles. The summed E-state index contributed by atoms with van der Waals surface area (Å²) in [4.78, 5) is 23.8. The Morgan fingerprint density at radius 1 is 0.750 bits per heavy atom. The van der Waals surface area contributed by atoms with Crippen LogP contribution in [-0.4, -0.2) is 34.4 Å². The summed E-state index contributed by atoms with van der Waals surface area (Å²) in [5.41, 5.74) is 1.35. The van der Waals surface area contributed by atoms with Crippen LogP contribution < -0.4 is 9.47 Å². The number of carbonyl (C=O) groups is 2. The number of carbonyl (C=O) groups excluding carboxylic acids is 2. The third kappa shape index (κ3) is 4.18. The normalized spacial score (nSPS) is 13.0. The van der Waals surface area contributed by atoms with Gasteiger partial charge >= 0.3 is 11.9 Å². The summed E-state index contributed by atoms with van der Waals surface area (Å²) in [7, 11) is 0. The van der Waals surface area contributed by atoms with E-state index in [4.69, 9.17) is 9.47 Å². The number of ether oxygens (including phenoxy) is 2. The number of hydrogen-bond acceptors (Lipinski definition) is 6. The lowest BCUT2D eigenvalue weighted by atomic mass is 10.2. The van der Waals surface area contributed by atoms with Crippen molar-refractivity contribution in [1.82, 2.24) is 0 Å². The van der Waals surface area contributed by atoms with E-state index in [1.54, 1.807) is 50.2 Å². The Balaban J connectivity index is 2.01. The molecule has 2 aromatic rings. The fourth-order valence-electron chi connectivity index (χ4n) is 1.94. The molecule has 0 aromatic heterocycles. The van der Waals surface area contributed by atoms with E-state index < -0.39 is 24.1 Å². The van der Waals surface area contributed by atoms with Gasteiger partial charge in [0.05, 0.1) is 0 Å². The summed E-state index contributed by atoms with van der Waals surface area (Å²) in [6.07, 6.45) is -4.11. The maximum atomic E-state index is 11.9. The van der Waals surface area contributed by atoms with Crippen molar-refractivity contribution in [3.63, 3.8) is 0 Å². The van der Waals surface area contributed by atoms with E-state index >= 15 is 0 Å². The van der Waals surface area contributed by atoms with Crippen LogP contribution in [0.1, 0.15) is 11.1 Å². The molecule has 0 heterocycles. The Morgan fingerprint density at radius 3 is 1.42 bits per heavy atom. The number of aliphatic hydroxyl groups is 2. The highest BCUT2D eigenvalue weighted by atomic mass is 16.6. The first-order valence-corrected chi connectivity index (χ1v) is 7.31. The van der Waals surface area contributed by atoms with Gasteiger partial charge in [-0.2, -0.15) is 0 Å². The molecule has 0 spiro atoms. The van der Waals surface area contributed by atoms with Crippen LogP contribution in [0.5, 0.6) is 11.5 Å². The average Bonchev–Trinajstić information content (AvgIpc) is 2.57. The quantitative estimate of drug-likeness (QED) is 0.638. The van der Waals surface area contributed by atoms with Crippen molar-refractivity contribution in [3.8, 4) is 11.5 Å². The minimum atomic E-state index is -2.05. The zero-order chi connectivity index (χ0) is 17.7. The van der Waals surface area contributed by atoms with Crippen molar-refractivity contribution < 1.29 is 29.3 Å². The first-order valence-electron chi connectivity index (χ1n) is 7.31. The monoisotopic (exact) mass is 330 g/mol. The molecular weight excluding hydrogens is 312 g/mol. The molecule has 0 aliphatic heterocycles. The van der Waals surface area contributed by atoms with Gasteiger partial charge in [0.2, 0.25) is 0 Å². The number of benzene rings is 2. The summed E-state index contributed by atoms with van der Waals surface area (Å²) < 4.78 is 9.99. The highest BCUT2D eigenvalue weighted by Gasteiger charge is 2.34. The van der Waals surface area contributed by atoms with Crippen LogP contribution in [0.3, 0.4) is 0 Å². The highest BCUT2D eigenvalue weighted by molar-refractivity contribution is 5.87. The fourth-order valence-corrected chi connectivity index (χ4v) is 1.94. The molecule has 24 heavy (non-hydrogen) atoms. The Labute approximate surface area is 139 Å². The van der Waals surface area contributed by atoms with Crippen molar-refractivity contribution in [3.05, 3.63) is 59.7 Å². The number of rotatable bonds is 5. The second kappa shape index (κ2) is 7.72. The predicted octanol–water partition coefficient (Wildman–Crippen LogP) is 1.54. The molecule has 0 radical (unpaired) electrons. The summed E-state index contributed by atoms with van der Waals surface area (Å²) in [5, 5.41) is 19.7. The van der Waals surface area contributed by atoms with Crippen LogP contribution in [0, 0.1) is 13.8 Å². The molecule has 2 aromatic carbocycles. The maximum Gasteiger partial charge on any atom is 0.343 e. The molecular formula is C18H18O6. The molecule has 6 nitrogen and oxygen atoms in total. The topological polar surface area (TPSA) is 93.1 Å². The second-order valence-electron chi connectivity index (χ2n) is 5.26. The smallest absolute Gasteiger partial charge is 0.343 e. The van der Waals surface area contributed by atoms with E-state index in [1.807, 2.05) is 0 Å². The van der Waals surface area contributed by atoms with Crippen LogP contribution in [-0.2, 0) is 9.59 Å². The largest absolute Gasteiger partial charge is 0.424 e. The molecule has 2 rings (SSSR count). The minimum absolute atomic E-state index is 0.237. The van der Waals surface area contributed by atoms with Crippen molar-refractivity contribution >= 4 is 11.9 Å². The van der Waals surface area contributed by atoms with Gasteiger partial charge in [0.1, 0.15) is 11.5 Å². The van der Waals surface area contributed by atoms with E-state index in [0.717, 1.165) is 0 Å². The van der Waals surface area contributed by atoms with E-state index in [-0.39, 0.29) is 11.5 Å². The first-order chi connectivity index (χ1) is 11.4. The average molecular weight is 330 g/mol. The molecule has 2 N–H and O–H groups in total. The van der Waals surface area contributed by atoms with Crippen LogP contribution in [0.4, 0.5) is 0 Å². The van der Waals surface area contributed by atoms with E-state index in [2.05, 4.69) is 0 Å². The van der Waals surface area contributed by atoms with Gasteiger partial charge in [-0.1, -0.05) is 36.4 Å². The van der Waals surface area contributed by atoms with E-state index in [1.165, 1.54) is 12.1 Å². The SMILES string of the molecule is Cc1ccccc1OC(=O)[C@H](O)[C@@H](O)C(=O)Oc1ccccc1C. The number of aryl methyl sites for hydroxylation is 2. The van der Waals surface area contributed by atoms with E-state index in [0.29, 0.717) is 11.1 Å². The molecule has 0 aliphatic rings. The van der Waals surface area contributed by atoms with Crippen molar-refractivity contribution in [2.75, 3.05) is 0 Å². The Hall–Kier alpha value is -2.70. The van der Waals surface area contributed by atoms with Gasteiger partial charge < -0.3 is 19.7 Å². The molecule has 0 bridgehead atoms. The maximum absolute atomic E-state index is 11.9. The predicted molar refractivity (Wildman–Crippen MR) is 85.6 cm³/mol. The Kier molecular flexibility index (Phi) is 5.68. The fraction of sp³-hybridized carbons (Fsp3) is 0.222. The van der Waals surface area contributed by atoms with Gasteiger partial charge in [-0.3, -0.25) is 0 Å². The molecule has 0 saturated carbocycles. The van der Waals surface area contributed by atoms with Gasteiger partial charge in [-0.25, -0.2) is 9.59 Å². The van der Waals surface area contributed by atoms with Gasteiger partial charge in [-0.05, 0) is 37.1 Å². The zero-order valence-electron chi connectivity index (χ0n) is 13.3. The number of esters is 2. The minimum Gasteiger partial charge on any atom is -0.424 e. The molecule has 0 amide bonds. The summed E-state index contributed by atoms with van der Waals surface area (Å²) >= 11 is 0. The van der Waals surface area contributed by atoms with Crippen molar-refractivity contribution in [1.29, 1.82) is 0 Å². The van der Waals surface area contributed by atoms with Crippen LogP contribution in [0.2, 0.25) is 0 Å². The third-order valence-electron chi connectivity index (χ3n) is 3.39. The van der Waals surface area contributed by atoms with Crippen LogP contribution >= 0.6 is 0 Å². The summed E-state index contributed by atoms with van der Waals surface area (Å²) in [6, 6.07) is 13.4. The summed E-state index contributed by atoms with van der Waals surface area (Å²) in [5.74, 6) is -1.81. The van der Waals surface area contributed by atoms with Gasteiger partial charge in [0.25, 0.3) is 0 Å². The molecule has 0 fully saturated rings. The molecule has 6 heteroatoms. The van der Waals surface area contributed by atoms with Crippen molar-refractivity contribution in [2.45, 2.75) is 26.1 Å². The zero-order valence-corrected chi connectivity index (χ0v) is 13.3. The van der Waals surface area contributed by atoms with Crippen molar-refractivity contribution in [2.24, 2.45) is 0 Å². The highest BCUT2D eigenvalue weighted by Crippen LogP contribution is 2.19. The van der Waals surface area contributed by atoms with Crippen LogP contribution in [0.15, 0.2) is 48.5 Å². The van der Waals surface area contributed by atoms with E-state index in [9.17, 15) is 19.8 Å². The Morgan fingerprint density at radius 2 is 1.08 bits per heavy atom. The third-order valence-corrected chi connectivity index (χ3v) is 3.39. The standard InChI is InChI=1S/C18H18O6/c1-11-7-3-5-9-13(11)23-17(21)15(19)16(20)18(22)24-14-10-6-4-8-12(14)2/h3-10,15-16,19-20H,1-2H3/t15-,16-/m1/s1. The number of hydrogen-bond donors (Lipinski definition) is 2.